The average molecular weight is 269 g/mol. The molecule has 0 aliphatic carbocycles. The number of nitrogens with two attached hydrogens (primary N) is 1. The van der Waals surface area contributed by atoms with E-state index >= 15 is 0 Å². The van der Waals surface area contributed by atoms with Gasteiger partial charge in [-0.15, -0.1) is 0 Å². The van der Waals surface area contributed by atoms with Crippen LogP contribution in [0.15, 0.2) is 29.3 Å². The van der Waals surface area contributed by atoms with Crippen molar-refractivity contribution in [2.24, 2.45) is 10.8 Å². The van der Waals surface area contributed by atoms with E-state index in [1.807, 2.05) is 36.2 Å². The summed E-state index contributed by atoms with van der Waals surface area (Å²) in [5.74, 6) is 6.18. The molecule has 0 heterocycles. The van der Waals surface area contributed by atoms with Crippen molar-refractivity contribution in [2.45, 2.75) is 26.3 Å². The lowest BCUT2D eigenvalue weighted by Gasteiger charge is -2.28. The third-order valence-corrected chi connectivity index (χ3v) is 3.23. The molecule has 4 nitrogen and oxygen atoms in total. The first-order valence-electron chi connectivity index (χ1n) is 6.10. The van der Waals surface area contributed by atoms with Crippen molar-refractivity contribution in [2.75, 3.05) is 13.6 Å². The lowest BCUT2D eigenvalue weighted by molar-refractivity contribution is 0.387. The van der Waals surface area contributed by atoms with Crippen LogP contribution in [-0.2, 0) is 0 Å². The quantitative estimate of drug-likeness (QED) is 0.382. The third-order valence-electron chi connectivity index (χ3n) is 2.88. The summed E-state index contributed by atoms with van der Waals surface area (Å²) in [6, 6.07) is 7.90. The number of hydrogen-bond donors (Lipinski definition) is 2. The third kappa shape index (κ3) is 3.62. The number of nitrogens with zero attached hydrogens (tertiary/aromatic N) is 2. The SMILES string of the molecule is CCCN=C(NN)N(C)C(C)c1ccccc1Cl. The number of benzene rings is 1. The fourth-order valence-electron chi connectivity index (χ4n) is 1.68. The molecule has 0 saturated carbocycles. The number of guanidine groups is 1. The van der Waals surface area contributed by atoms with E-state index < -0.39 is 0 Å². The smallest absolute Gasteiger partial charge is 0.208 e. The van der Waals surface area contributed by atoms with Gasteiger partial charge in [-0.2, -0.15) is 0 Å². The van der Waals surface area contributed by atoms with E-state index in [-0.39, 0.29) is 6.04 Å². The molecule has 1 aromatic carbocycles. The van der Waals surface area contributed by atoms with Gasteiger partial charge in [0, 0.05) is 18.6 Å². The van der Waals surface area contributed by atoms with Gasteiger partial charge in [-0.1, -0.05) is 36.7 Å². The topological polar surface area (TPSA) is 53.6 Å². The van der Waals surface area contributed by atoms with Crippen molar-refractivity contribution in [3.8, 4) is 0 Å². The van der Waals surface area contributed by atoms with Crippen molar-refractivity contribution >= 4 is 17.6 Å². The Balaban J connectivity index is 2.89. The molecule has 3 N–H and O–H groups in total. The van der Waals surface area contributed by atoms with Crippen LogP contribution < -0.4 is 11.3 Å². The van der Waals surface area contributed by atoms with Crippen molar-refractivity contribution in [3.05, 3.63) is 34.9 Å². The molecule has 18 heavy (non-hydrogen) atoms. The standard InChI is InChI=1S/C13H21ClN4/c1-4-9-16-13(17-15)18(3)10(2)11-7-5-6-8-12(11)14/h5-8,10H,4,9,15H2,1-3H3,(H,16,17). The van der Waals surface area contributed by atoms with Crippen molar-refractivity contribution in [1.29, 1.82) is 0 Å². The van der Waals surface area contributed by atoms with Crippen LogP contribution in [0, 0.1) is 0 Å². The zero-order valence-corrected chi connectivity index (χ0v) is 11.9. The first-order valence-corrected chi connectivity index (χ1v) is 6.47. The first kappa shape index (κ1) is 14.8. The average Bonchev–Trinajstić information content (AvgIpc) is 2.39. The van der Waals surface area contributed by atoms with Gasteiger partial charge in [0.05, 0.1) is 6.04 Å². The number of halogens is 1. The van der Waals surface area contributed by atoms with E-state index in [4.69, 9.17) is 17.4 Å². The number of rotatable bonds is 4. The molecule has 1 rings (SSSR count). The van der Waals surface area contributed by atoms with E-state index in [0.29, 0.717) is 5.96 Å². The molecular weight excluding hydrogens is 248 g/mol. The van der Waals surface area contributed by atoms with Crippen LogP contribution in [0.3, 0.4) is 0 Å². The van der Waals surface area contributed by atoms with Crippen molar-refractivity contribution < 1.29 is 0 Å². The summed E-state index contributed by atoms with van der Waals surface area (Å²) >= 11 is 6.20. The second kappa shape index (κ2) is 7.24. The number of hydrogen-bond acceptors (Lipinski definition) is 2. The predicted octanol–water partition coefficient (Wildman–Crippen LogP) is 2.56. The summed E-state index contributed by atoms with van der Waals surface area (Å²) < 4.78 is 0. The fourth-order valence-corrected chi connectivity index (χ4v) is 1.98. The molecule has 0 spiro atoms. The van der Waals surface area contributed by atoms with E-state index in [1.165, 1.54) is 0 Å². The number of nitrogens with one attached hydrogen (secondary N) is 1. The largest absolute Gasteiger partial charge is 0.338 e. The van der Waals surface area contributed by atoms with Crippen LogP contribution >= 0.6 is 11.6 Å². The highest BCUT2D eigenvalue weighted by Gasteiger charge is 2.16. The highest BCUT2D eigenvalue weighted by Crippen LogP contribution is 2.25. The van der Waals surface area contributed by atoms with E-state index in [0.717, 1.165) is 23.6 Å². The maximum Gasteiger partial charge on any atom is 0.208 e. The van der Waals surface area contributed by atoms with E-state index in [9.17, 15) is 0 Å². The second-order valence-corrected chi connectivity index (χ2v) is 4.57. The Morgan fingerprint density at radius 2 is 2.17 bits per heavy atom. The molecular formula is C13H21ClN4. The zero-order chi connectivity index (χ0) is 13.5. The molecule has 1 unspecified atom stereocenters. The van der Waals surface area contributed by atoms with Crippen LogP contribution in [0.1, 0.15) is 31.9 Å². The van der Waals surface area contributed by atoms with Gasteiger partial charge in [-0.25, -0.2) is 5.84 Å². The van der Waals surface area contributed by atoms with Crippen molar-refractivity contribution in [3.63, 3.8) is 0 Å². The summed E-state index contributed by atoms with van der Waals surface area (Å²) in [5.41, 5.74) is 3.70. The Morgan fingerprint density at radius 3 is 2.72 bits per heavy atom. The molecule has 0 aliphatic rings. The van der Waals surface area contributed by atoms with Gasteiger partial charge in [0.2, 0.25) is 5.96 Å². The molecule has 0 aromatic heterocycles. The van der Waals surface area contributed by atoms with E-state index in [2.05, 4.69) is 24.3 Å². The normalized spacial score (nSPS) is 13.3. The highest BCUT2D eigenvalue weighted by atomic mass is 35.5. The minimum absolute atomic E-state index is 0.102. The molecule has 100 valence electrons. The molecule has 0 radical (unpaired) electrons. The summed E-state index contributed by atoms with van der Waals surface area (Å²) in [5, 5.41) is 0.753. The lowest BCUT2D eigenvalue weighted by atomic mass is 10.1. The Bertz CT molecular complexity index is 406. The van der Waals surface area contributed by atoms with Gasteiger partial charge in [-0.3, -0.25) is 10.4 Å². The van der Waals surface area contributed by atoms with Crippen LogP contribution in [0.2, 0.25) is 5.02 Å². The summed E-state index contributed by atoms with van der Waals surface area (Å²) in [6.07, 6.45) is 0.986. The van der Waals surface area contributed by atoms with Gasteiger partial charge in [-0.05, 0) is 25.0 Å². The van der Waals surface area contributed by atoms with Crippen LogP contribution in [0.4, 0.5) is 0 Å². The fraction of sp³-hybridized carbons (Fsp3) is 0.462. The minimum Gasteiger partial charge on any atom is -0.338 e. The predicted molar refractivity (Wildman–Crippen MR) is 77.5 cm³/mol. The molecule has 1 aromatic rings. The minimum atomic E-state index is 0.102. The Labute approximate surface area is 114 Å². The van der Waals surface area contributed by atoms with Crippen LogP contribution in [0.25, 0.3) is 0 Å². The van der Waals surface area contributed by atoms with E-state index in [1.54, 1.807) is 0 Å². The maximum atomic E-state index is 6.20. The van der Waals surface area contributed by atoms with Gasteiger partial charge < -0.3 is 4.90 Å². The Morgan fingerprint density at radius 1 is 1.50 bits per heavy atom. The molecule has 0 amide bonds. The van der Waals surface area contributed by atoms with Crippen LogP contribution in [0.5, 0.6) is 0 Å². The second-order valence-electron chi connectivity index (χ2n) is 4.16. The Hall–Kier alpha value is -1.26. The monoisotopic (exact) mass is 268 g/mol. The lowest BCUT2D eigenvalue weighted by Crippen LogP contribution is -2.44. The van der Waals surface area contributed by atoms with Gasteiger partial charge in [0.15, 0.2) is 0 Å². The molecule has 1 atom stereocenters. The number of aliphatic imine (C=N–C) groups is 1. The summed E-state index contributed by atoms with van der Waals surface area (Å²) in [4.78, 5) is 6.38. The van der Waals surface area contributed by atoms with Gasteiger partial charge in [0.1, 0.15) is 0 Å². The van der Waals surface area contributed by atoms with Gasteiger partial charge >= 0.3 is 0 Å². The number of hydrazine groups is 1. The Kier molecular flexibility index (Phi) is 5.95. The molecule has 0 aliphatic heterocycles. The zero-order valence-electron chi connectivity index (χ0n) is 11.2. The first-order chi connectivity index (χ1) is 8.61. The van der Waals surface area contributed by atoms with Crippen molar-refractivity contribution in [1.82, 2.24) is 10.3 Å². The van der Waals surface area contributed by atoms with Crippen LogP contribution in [-0.4, -0.2) is 24.5 Å². The molecule has 0 bridgehead atoms. The summed E-state index contributed by atoms with van der Waals surface area (Å²) in [7, 11) is 1.95. The maximum absolute atomic E-state index is 6.20. The molecule has 0 saturated heterocycles. The van der Waals surface area contributed by atoms with Gasteiger partial charge in [0.25, 0.3) is 0 Å². The molecule has 0 fully saturated rings. The summed E-state index contributed by atoms with van der Waals surface area (Å²) in [6.45, 7) is 4.90. The molecule has 5 heteroatoms. The highest BCUT2D eigenvalue weighted by molar-refractivity contribution is 6.31.